The molecule has 0 aliphatic heterocycles. The van der Waals surface area contributed by atoms with Crippen molar-refractivity contribution in [1.29, 1.82) is 0 Å². The van der Waals surface area contributed by atoms with E-state index in [9.17, 15) is 14.9 Å². The Bertz CT molecular complexity index is 1270. The van der Waals surface area contributed by atoms with Gasteiger partial charge in [0.2, 0.25) is 0 Å². The summed E-state index contributed by atoms with van der Waals surface area (Å²) >= 11 is 0. The minimum Gasteiger partial charge on any atom is -0.326 e. The normalized spacial score (nSPS) is 11.2. The van der Waals surface area contributed by atoms with E-state index in [1.165, 1.54) is 12.1 Å². The second-order valence-corrected chi connectivity index (χ2v) is 6.59. The Morgan fingerprint density at radius 3 is 2.71 bits per heavy atom. The van der Waals surface area contributed by atoms with E-state index in [4.69, 9.17) is 0 Å². The molecular formula is C20H19N5O3. The summed E-state index contributed by atoms with van der Waals surface area (Å²) in [4.78, 5) is 28.4. The maximum absolute atomic E-state index is 13.0. The van der Waals surface area contributed by atoms with Crippen LogP contribution < -0.4 is 11.0 Å². The molecule has 0 spiro atoms. The molecule has 4 aromatic rings. The van der Waals surface area contributed by atoms with Crippen LogP contribution in [0.3, 0.4) is 0 Å². The molecule has 0 radical (unpaired) electrons. The van der Waals surface area contributed by atoms with Crippen LogP contribution in [0, 0.1) is 10.1 Å². The molecule has 2 aromatic heterocycles. The molecule has 142 valence electrons. The Morgan fingerprint density at radius 1 is 1.18 bits per heavy atom. The number of nitro benzene ring substituents is 1. The van der Waals surface area contributed by atoms with Crippen LogP contribution in [0.2, 0.25) is 0 Å². The Balaban J connectivity index is 2.01. The van der Waals surface area contributed by atoms with Gasteiger partial charge in [-0.25, -0.2) is 4.98 Å². The number of aromatic nitrogens is 3. The molecule has 0 saturated carbocycles. The van der Waals surface area contributed by atoms with Crippen molar-refractivity contribution in [2.75, 3.05) is 12.0 Å². The molecule has 0 saturated heterocycles. The molecular weight excluding hydrogens is 358 g/mol. The fourth-order valence-corrected chi connectivity index (χ4v) is 3.33. The molecule has 0 fully saturated rings. The first kappa shape index (κ1) is 17.7. The third-order valence-corrected chi connectivity index (χ3v) is 4.77. The van der Waals surface area contributed by atoms with Crippen molar-refractivity contribution in [2.24, 2.45) is 7.05 Å². The zero-order valence-electron chi connectivity index (χ0n) is 15.5. The standard InChI is InChI=1S/C20H19N5O3/c1-3-10-21-24-12-15(14-9-8-13(25(27)28)11-18(14)24)19-20(26)23(2)17-7-5-4-6-16(17)22-19/h4-9,11-12,21H,3,10H2,1-2H3. The van der Waals surface area contributed by atoms with E-state index in [2.05, 4.69) is 10.4 Å². The van der Waals surface area contributed by atoms with Crippen LogP contribution in [0.25, 0.3) is 33.2 Å². The lowest BCUT2D eigenvalue weighted by atomic mass is 10.1. The fraction of sp³-hybridized carbons (Fsp3) is 0.200. The van der Waals surface area contributed by atoms with Crippen LogP contribution in [-0.4, -0.2) is 25.7 Å². The zero-order valence-corrected chi connectivity index (χ0v) is 15.5. The summed E-state index contributed by atoms with van der Waals surface area (Å²) in [6.45, 7) is 2.72. The summed E-state index contributed by atoms with van der Waals surface area (Å²) in [5, 5.41) is 11.9. The zero-order chi connectivity index (χ0) is 19.8. The summed E-state index contributed by atoms with van der Waals surface area (Å²) < 4.78 is 3.31. The molecule has 0 amide bonds. The van der Waals surface area contributed by atoms with Gasteiger partial charge in [-0.15, -0.1) is 0 Å². The van der Waals surface area contributed by atoms with E-state index in [1.54, 1.807) is 28.6 Å². The third kappa shape index (κ3) is 2.79. The largest absolute Gasteiger partial charge is 0.326 e. The molecule has 4 rings (SSSR count). The molecule has 0 atom stereocenters. The number of rotatable bonds is 5. The van der Waals surface area contributed by atoms with Crippen molar-refractivity contribution in [2.45, 2.75) is 13.3 Å². The van der Waals surface area contributed by atoms with Crippen molar-refractivity contribution in [3.05, 3.63) is 69.1 Å². The SMILES string of the molecule is CCCNn1cc(-c2nc3ccccc3n(C)c2=O)c2ccc([N+](=O)[O-])cc21. The van der Waals surface area contributed by atoms with Gasteiger partial charge < -0.3 is 9.99 Å². The summed E-state index contributed by atoms with van der Waals surface area (Å²) in [5.74, 6) is 0. The van der Waals surface area contributed by atoms with Gasteiger partial charge in [-0.3, -0.25) is 19.6 Å². The number of nitro groups is 1. The number of non-ortho nitro benzene ring substituents is 1. The Kier molecular flexibility index (Phi) is 4.31. The number of hydrogen-bond acceptors (Lipinski definition) is 5. The van der Waals surface area contributed by atoms with Gasteiger partial charge in [0.15, 0.2) is 0 Å². The fourth-order valence-electron chi connectivity index (χ4n) is 3.33. The number of nitrogens with zero attached hydrogens (tertiary/aromatic N) is 4. The van der Waals surface area contributed by atoms with E-state index in [1.807, 2.05) is 31.2 Å². The van der Waals surface area contributed by atoms with Gasteiger partial charge in [0.25, 0.3) is 11.2 Å². The molecule has 0 bridgehead atoms. The monoisotopic (exact) mass is 377 g/mol. The summed E-state index contributed by atoms with van der Waals surface area (Å²) in [6.07, 6.45) is 2.67. The predicted molar refractivity (Wildman–Crippen MR) is 109 cm³/mol. The third-order valence-electron chi connectivity index (χ3n) is 4.77. The molecule has 0 unspecified atom stereocenters. The molecule has 28 heavy (non-hydrogen) atoms. The minimum atomic E-state index is -0.427. The van der Waals surface area contributed by atoms with Gasteiger partial charge in [0, 0.05) is 42.9 Å². The summed E-state index contributed by atoms with van der Waals surface area (Å²) in [5.41, 5.74) is 6.05. The molecule has 2 aromatic carbocycles. The highest BCUT2D eigenvalue weighted by Crippen LogP contribution is 2.30. The summed E-state index contributed by atoms with van der Waals surface area (Å²) in [7, 11) is 1.72. The smallest absolute Gasteiger partial charge is 0.277 e. The second kappa shape index (κ2) is 6.80. The van der Waals surface area contributed by atoms with E-state index < -0.39 is 4.92 Å². The molecule has 1 N–H and O–H groups in total. The number of fused-ring (bicyclic) bond motifs is 2. The number of benzene rings is 2. The van der Waals surface area contributed by atoms with Crippen molar-refractivity contribution in [3.8, 4) is 11.3 Å². The quantitative estimate of drug-likeness (QED) is 0.425. The minimum absolute atomic E-state index is 0.00364. The van der Waals surface area contributed by atoms with Crippen LogP contribution in [0.5, 0.6) is 0 Å². The Morgan fingerprint density at radius 2 is 1.96 bits per heavy atom. The van der Waals surface area contributed by atoms with E-state index in [0.29, 0.717) is 28.8 Å². The lowest BCUT2D eigenvalue weighted by Gasteiger charge is -2.07. The first-order valence-electron chi connectivity index (χ1n) is 9.00. The molecule has 2 heterocycles. The molecule has 8 heteroatoms. The topological polar surface area (TPSA) is 95.0 Å². The van der Waals surface area contributed by atoms with Gasteiger partial charge in [-0.2, -0.15) is 0 Å². The van der Waals surface area contributed by atoms with Gasteiger partial charge in [0.1, 0.15) is 5.69 Å². The number of nitrogens with one attached hydrogen (secondary N) is 1. The number of hydrogen-bond donors (Lipinski definition) is 1. The van der Waals surface area contributed by atoms with Crippen molar-refractivity contribution in [1.82, 2.24) is 14.2 Å². The molecule has 0 aliphatic carbocycles. The van der Waals surface area contributed by atoms with Crippen LogP contribution in [0.1, 0.15) is 13.3 Å². The van der Waals surface area contributed by atoms with E-state index >= 15 is 0 Å². The number of aryl methyl sites for hydroxylation is 1. The van der Waals surface area contributed by atoms with Gasteiger partial charge in [-0.1, -0.05) is 19.1 Å². The highest BCUT2D eigenvalue weighted by atomic mass is 16.6. The predicted octanol–water partition coefficient (Wildman–Crippen LogP) is 3.42. The van der Waals surface area contributed by atoms with Gasteiger partial charge in [0.05, 0.1) is 21.5 Å². The lowest BCUT2D eigenvalue weighted by molar-refractivity contribution is -0.384. The average Bonchev–Trinajstić information content (AvgIpc) is 3.06. The highest BCUT2D eigenvalue weighted by molar-refractivity contribution is 5.97. The van der Waals surface area contributed by atoms with E-state index in [-0.39, 0.29) is 11.2 Å². The Hall–Kier alpha value is -3.68. The van der Waals surface area contributed by atoms with Crippen molar-refractivity contribution < 1.29 is 4.92 Å². The highest BCUT2D eigenvalue weighted by Gasteiger charge is 2.19. The maximum atomic E-state index is 13.0. The van der Waals surface area contributed by atoms with E-state index in [0.717, 1.165) is 17.3 Å². The molecule has 8 nitrogen and oxygen atoms in total. The summed E-state index contributed by atoms with van der Waals surface area (Å²) in [6, 6.07) is 12.1. The Labute approximate surface area is 160 Å². The first-order valence-corrected chi connectivity index (χ1v) is 9.00. The average molecular weight is 377 g/mol. The maximum Gasteiger partial charge on any atom is 0.277 e. The van der Waals surface area contributed by atoms with Crippen LogP contribution in [0.15, 0.2) is 53.5 Å². The second-order valence-electron chi connectivity index (χ2n) is 6.59. The van der Waals surface area contributed by atoms with Gasteiger partial charge in [-0.05, 0) is 24.6 Å². The lowest BCUT2D eigenvalue weighted by Crippen LogP contribution is -2.20. The van der Waals surface area contributed by atoms with Crippen LogP contribution in [0.4, 0.5) is 5.69 Å². The first-order chi connectivity index (χ1) is 13.5. The van der Waals surface area contributed by atoms with Crippen LogP contribution >= 0.6 is 0 Å². The number of para-hydroxylation sites is 2. The van der Waals surface area contributed by atoms with Crippen LogP contribution in [-0.2, 0) is 7.05 Å². The molecule has 0 aliphatic rings. The van der Waals surface area contributed by atoms with Crippen molar-refractivity contribution in [3.63, 3.8) is 0 Å². The van der Waals surface area contributed by atoms with Gasteiger partial charge >= 0.3 is 0 Å². The van der Waals surface area contributed by atoms with Crippen molar-refractivity contribution >= 4 is 27.6 Å².